The summed E-state index contributed by atoms with van der Waals surface area (Å²) in [5.41, 5.74) is -0.412. The highest BCUT2D eigenvalue weighted by atomic mass is 19.4. The van der Waals surface area contributed by atoms with E-state index in [1.165, 1.54) is 42.5 Å². The molecule has 0 bridgehead atoms. The minimum absolute atomic E-state index is 0.0254. The fourth-order valence-corrected chi connectivity index (χ4v) is 4.29. The van der Waals surface area contributed by atoms with Crippen LogP contribution in [0.5, 0.6) is 5.75 Å². The van der Waals surface area contributed by atoms with Gasteiger partial charge in [0, 0.05) is 22.9 Å². The molecule has 5 aromatic rings. The Labute approximate surface area is 247 Å². The van der Waals surface area contributed by atoms with E-state index in [1.54, 1.807) is 36.4 Å². The van der Waals surface area contributed by atoms with Crippen LogP contribution in [0.3, 0.4) is 0 Å². The summed E-state index contributed by atoms with van der Waals surface area (Å²) in [4.78, 5) is 41.5. The molecule has 1 aromatic heterocycles. The van der Waals surface area contributed by atoms with Crippen LogP contribution in [0.15, 0.2) is 101 Å². The smallest absolute Gasteiger partial charge is 0.416 e. The molecule has 1 amide bonds. The zero-order chi connectivity index (χ0) is 31.4. The van der Waals surface area contributed by atoms with E-state index in [0.717, 1.165) is 28.6 Å². The van der Waals surface area contributed by atoms with E-state index in [0.29, 0.717) is 5.69 Å². The molecular formula is C31H22F3N5O5. The first-order valence-corrected chi connectivity index (χ1v) is 13.0. The second kappa shape index (κ2) is 12.2. The average molecular weight is 602 g/mol. The van der Waals surface area contributed by atoms with Crippen LogP contribution in [0.25, 0.3) is 22.3 Å². The minimum atomic E-state index is -4.65. The number of amides is 1. The van der Waals surface area contributed by atoms with Gasteiger partial charge in [0.25, 0.3) is 11.5 Å². The van der Waals surface area contributed by atoms with Crippen LogP contribution < -0.4 is 15.6 Å². The van der Waals surface area contributed by atoms with E-state index in [9.17, 15) is 32.9 Å². The lowest BCUT2D eigenvalue weighted by Crippen LogP contribution is -2.21. The number of aromatic nitrogens is 2. The number of fused-ring (bicyclic) bond motifs is 1. The van der Waals surface area contributed by atoms with Gasteiger partial charge in [-0.05, 0) is 49.4 Å². The van der Waals surface area contributed by atoms with Gasteiger partial charge in [-0.25, -0.2) is 4.98 Å². The van der Waals surface area contributed by atoms with Crippen LogP contribution in [-0.4, -0.2) is 33.3 Å². The highest BCUT2D eigenvalue weighted by molar-refractivity contribution is 5.92. The SMILES string of the molecule is Cc1ccc(NC(=O)COc2c(C=Nn3c(-c4cccc(C(F)(F)F)c4)nc4ccccc4c3=O)cccc2[N+](=O)[O-])cc1. The average Bonchev–Trinajstić information content (AvgIpc) is 3.00. The summed E-state index contributed by atoms with van der Waals surface area (Å²) in [5.74, 6) is -1.08. The Hall–Kier alpha value is -5.85. The maximum absolute atomic E-state index is 13.5. The molecule has 0 saturated heterocycles. The number of anilines is 1. The molecule has 0 radical (unpaired) electrons. The Balaban J connectivity index is 1.55. The second-order valence-corrected chi connectivity index (χ2v) is 9.55. The molecule has 10 nitrogen and oxygen atoms in total. The zero-order valence-corrected chi connectivity index (χ0v) is 22.9. The van der Waals surface area contributed by atoms with Crippen molar-refractivity contribution in [3.8, 4) is 17.1 Å². The summed E-state index contributed by atoms with van der Waals surface area (Å²) in [6, 6.07) is 21.4. The summed E-state index contributed by atoms with van der Waals surface area (Å²) < 4.78 is 46.8. The van der Waals surface area contributed by atoms with Crippen LogP contribution in [0.4, 0.5) is 24.5 Å². The fraction of sp³-hybridized carbons (Fsp3) is 0.0968. The Morgan fingerprint density at radius 3 is 2.50 bits per heavy atom. The van der Waals surface area contributed by atoms with E-state index < -0.39 is 40.4 Å². The number of ether oxygens (including phenoxy) is 1. The lowest BCUT2D eigenvalue weighted by Gasteiger charge is -2.12. The van der Waals surface area contributed by atoms with Crippen molar-refractivity contribution in [1.82, 2.24) is 9.66 Å². The molecule has 0 aliphatic heterocycles. The molecule has 13 heteroatoms. The minimum Gasteiger partial charge on any atom is -0.476 e. The van der Waals surface area contributed by atoms with Crippen LogP contribution in [0, 0.1) is 17.0 Å². The van der Waals surface area contributed by atoms with Crippen molar-refractivity contribution in [1.29, 1.82) is 0 Å². The van der Waals surface area contributed by atoms with Gasteiger partial charge >= 0.3 is 11.9 Å². The molecule has 1 N–H and O–H groups in total. The van der Waals surface area contributed by atoms with Crippen molar-refractivity contribution in [2.24, 2.45) is 5.10 Å². The number of hydrogen-bond donors (Lipinski definition) is 1. The number of nitro groups is 1. The van der Waals surface area contributed by atoms with Crippen molar-refractivity contribution < 1.29 is 27.6 Å². The maximum atomic E-state index is 13.5. The van der Waals surface area contributed by atoms with Crippen LogP contribution in [0.2, 0.25) is 0 Å². The number of alkyl halides is 3. The number of halogens is 3. The number of nitrogens with zero attached hydrogens (tertiary/aromatic N) is 4. The van der Waals surface area contributed by atoms with Crippen LogP contribution in [0.1, 0.15) is 16.7 Å². The molecule has 0 saturated carbocycles. The van der Waals surface area contributed by atoms with Gasteiger partial charge in [0.15, 0.2) is 12.4 Å². The molecular weight excluding hydrogens is 579 g/mol. The number of carbonyl (C=O) groups is 1. The number of hydrogen-bond acceptors (Lipinski definition) is 7. The third-order valence-corrected chi connectivity index (χ3v) is 6.42. The van der Waals surface area contributed by atoms with Crippen LogP contribution >= 0.6 is 0 Å². The molecule has 0 spiro atoms. The highest BCUT2D eigenvalue weighted by Crippen LogP contribution is 2.33. The zero-order valence-electron chi connectivity index (χ0n) is 22.9. The van der Waals surface area contributed by atoms with E-state index in [-0.39, 0.29) is 33.6 Å². The Morgan fingerprint density at radius 2 is 1.77 bits per heavy atom. The van der Waals surface area contributed by atoms with Gasteiger partial charge in [0.1, 0.15) is 0 Å². The summed E-state index contributed by atoms with van der Waals surface area (Å²) in [5, 5.41) is 18.8. The summed E-state index contributed by atoms with van der Waals surface area (Å²) >= 11 is 0. The molecule has 1 heterocycles. The van der Waals surface area contributed by atoms with Crippen molar-refractivity contribution in [2.45, 2.75) is 13.1 Å². The number of nitro benzene ring substituents is 1. The molecule has 0 fully saturated rings. The first kappa shape index (κ1) is 29.6. The third-order valence-electron chi connectivity index (χ3n) is 6.42. The quantitative estimate of drug-likeness (QED) is 0.128. The molecule has 0 aliphatic rings. The molecule has 4 aromatic carbocycles. The number of rotatable bonds is 8. The molecule has 0 unspecified atom stereocenters. The van der Waals surface area contributed by atoms with Gasteiger partial charge in [-0.3, -0.25) is 19.7 Å². The predicted molar refractivity (Wildman–Crippen MR) is 158 cm³/mol. The number of para-hydroxylation sites is 2. The van der Waals surface area contributed by atoms with Crippen molar-refractivity contribution in [3.05, 3.63) is 128 Å². The normalized spacial score (nSPS) is 11.5. The fourth-order valence-electron chi connectivity index (χ4n) is 4.29. The number of carbonyl (C=O) groups excluding carboxylic acids is 1. The van der Waals surface area contributed by atoms with Crippen molar-refractivity contribution in [3.63, 3.8) is 0 Å². The van der Waals surface area contributed by atoms with E-state index in [4.69, 9.17) is 4.74 Å². The molecule has 44 heavy (non-hydrogen) atoms. The largest absolute Gasteiger partial charge is 0.476 e. The standard InChI is InChI=1S/C31H22F3N5O5/c1-19-12-14-23(15-13-19)36-27(40)18-44-28-21(7-5-11-26(28)39(42)43)17-35-38-29(20-6-4-8-22(16-20)31(32,33)34)37-25-10-3-2-9-24(25)30(38)41/h2-17H,18H2,1H3,(H,36,40). The van der Waals surface area contributed by atoms with Crippen molar-refractivity contribution >= 4 is 34.4 Å². The second-order valence-electron chi connectivity index (χ2n) is 9.55. The predicted octanol–water partition coefficient (Wildman–Crippen LogP) is 6.20. The lowest BCUT2D eigenvalue weighted by molar-refractivity contribution is -0.385. The highest BCUT2D eigenvalue weighted by Gasteiger charge is 2.31. The first-order valence-electron chi connectivity index (χ1n) is 13.0. The lowest BCUT2D eigenvalue weighted by atomic mass is 10.1. The van der Waals surface area contributed by atoms with Crippen molar-refractivity contribution in [2.75, 3.05) is 11.9 Å². The summed E-state index contributed by atoms with van der Waals surface area (Å²) in [6.07, 6.45) is -3.57. The van der Waals surface area contributed by atoms with Gasteiger partial charge in [-0.2, -0.15) is 22.9 Å². The van der Waals surface area contributed by atoms with Gasteiger partial charge < -0.3 is 10.1 Å². The number of nitrogens with one attached hydrogen (secondary N) is 1. The van der Waals surface area contributed by atoms with Gasteiger partial charge in [0.2, 0.25) is 5.75 Å². The van der Waals surface area contributed by atoms with Gasteiger partial charge in [-0.1, -0.05) is 48.0 Å². The van der Waals surface area contributed by atoms with Gasteiger partial charge in [-0.15, -0.1) is 0 Å². The maximum Gasteiger partial charge on any atom is 0.416 e. The molecule has 5 rings (SSSR count). The van der Waals surface area contributed by atoms with E-state index in [2.05, 4.69) is 15.4 Å². The van der Waals surface area contributed by atoms with Gasteiger partial charge in [0.05, 0.1) is 27.6 Å². The molecule has 0 atom stereocenters. The summed E-state index contributed by atoms with van der Waals surface area (Å²) in [6.45, 7) is 1.30. The molecule has 222 valence electrons. The Bertz CT molecular complexity index is 1970. The number of aryl methyl sites for hydroxylation is 1. The molecule has 0 aliphatic carbocycles. The Kier molecular flexibility index (Phi) is 8.20. The van der Waals surface area contributed by atoms with E-state index >= 15 is 0 Å². The topological polar surface area (TPSA) is 129 Å². The van der Waals surface area contributed by atoms with Crippen LogP contribution in [-0.2, 0) is 11.0 Å². The monoisotopic (exact) mass is 601 g/mol. The number of benzene rings is 4. The van der Waals surface area contributed by atoms with E-state index in [1.807, 2.05) is 6.92 Å². The summed E-state index contributed by atoms with van der Waals surface area (Å²) in [7, 11) is 0. The third kappa shape index (κ3) is 6.46. The first-order chi connectivity index (χ1) is 21.0. The Morgan fingerprint density at radius 1 is 1.05 bits per heavy atom.